The van der Waals surface area contributed by atoms with Crippen molar-refractivity contribution in [2.75, 3.05) is 45.2 Å². The summed E-state index contributed by atoms with van der Waals surface area (Å²) in [5.41, 5.74) is 5.35. The van der Waals surface area contributed by atoms with E-state index in [1.807, 2.05) is 26.2 Å². The molecule has 31 heavy (non-hydrogen) atoms. The summed E-state index contributed by atoms with van der Waals surface area (Å²) in [6.45, 7) is 12.3. The monoisotopic (exact) mass is 419 g/mol. The molecule has 2 aromatic carbocycles. The number of fused-ring (bicyclic) bond motifs is 4. The van der Waals surface area contributed by atoms with Crippen LogP contribution in [0, 0.1) is 0 Å². The van der Waals surface area contributed by atoms with Crippen LogP contribution in [0.5, 0.6) is 5.75 Å². The number of aromatic nitrogens is 1. The summed E-state index contributed by atoms with van der Waals surface area (Å²) < 4.78 is 6.06. The van der Waals surface area contributed by atoms with Crippen LogP contribution in [0.1, 0.15) is 54.9 Å². The molecule has 0 amide bonds. The molecule has 1 N–H and O–H groups in total. The number of ketones is 1. The molecular weight excluding hydrogens is 386 g/mol. The van der Waals surface area contributed by atoms with Crippen molar-refractivity contribution in [1.29, 1.82) is 0 Å². The summed E-state index contributed by atoms with van der Waals surface area (Å²) >= 11 is 0. The number of carbonyl (C=O) groups excluding carboxylic acids is 1. The van der Waals surface area contributed by atoms with Crippen LogP contribution < -0.4 is 9.64 Å². The smallest absolute Gasteiger partial charge is 0.195 e. The SMILES string of the molecule is CCN(CC)CCOc1ccc2c(c1)C(C)(C)c1[nH]c3cc(N(C)C)ccc3c1C2=O. The van der Waals surface area contributed by atoms with Crippen LogP contribution in [0.15, 0.2) is 36.4 Å². The second-order valence-corrected chi connectivity index (χ2v) is 9.04. The van der Waals surface area contributed by atoms with Gasteiger partial charge in [-0.25, -0.2) is 0 Å². The highest BCUT2D eigenvalue weighted by Crippen LogP contribution is 2.45. The second kappa shape index (κ2) is 8.04. The molecular formula is C26H33N3O2. The first-order valence-corrected chi connectivity index (χ1v) is 11.2. The van der Waals surface area contributed by atoms with Crippen LogP contribution in [0.4, 0.5) is 5.69 Å². The summed E-state index contributed by atoms with van der Waals surface area (Å²) in [4.78, 5) is 21.5. The number of hydrogen-bond donors (Lipinski definition) is 1. The molecule has 0 unspecified atom stereocenters. The predicted molar refractivity (Wildman–Crippen MR) is 128 cm³/mol. The summed E-state index contributed by atoms with van der Waals surface area (Å²) in [5, 5.41) is 0.990. The summed E-state index contributed by atoms with van der Waals surface area (Å²) in [5.74, 6) is 0.907. The summed E-state index contributed by atoms with van der Waals surface area (Å²) in [7, 11) is 4.05. The molecule has 0 aliphatic heterocycles. The largest absolute Gasteiger partial charge is 0.492 e. The van der Waals surface area contributed by atoms with Gasteiger partial charge < -0.3 is 19.5 Å². The average molecular weight is 420 g/mol. The Bertz CT molecular complexity index is 1120. The van der Waals surface area contributed by atoms with E-state index in [0.29, 0.717) is 6.61 Å². The van der Waals surface area contributed by atoms with Crippen LogP contribution in [0.3, 0.4) is 0 Å². The third-order valence-electron chi connectivity index (χ3n) is 6.63. The number of carbonyl (C=O) groups is 1. The zero-order valence-electron chi connectivity index (χ0n) is 19.5. The Kier molecular flexibility index (Phi) is 5.56. The van der Waals surface area contributed by atoms with E-state index in [4.69, 9.17) is 4.74 Å². The highest BCUT2D eigenvalue weighted by atomic mass is 16.5. The second-order valence-electron chi connectivity index (χ2n) is 9.04. The van der Waals surface area contributed by atoms with E-state index in [-0.39, 0.29) is 11.2 Å². The minimum absolute atomic E-state index is 0.0860. The number of nitrogens with zero attached hydrogens (tertiary/aromatic N) is 2. The third kappa shape index (κ3) is 3.61. The van der Waals surface area contributed by atoms with Crippen LogP contribution in [-0.4, -0.2) is 56.0 Å². The summed E-state index contributed by atoms with van der Waals surface area (Å²) in [6.07, 6.45) is 0. The zero-order chi connectivity index (χ0) is 22.3. The fraction of sp³-hybridized carbons (Fsp3) is 0.423. The molecule has 0 atom stereocenters. The Morgan fingerprint density at radius 1 is 1.03 bits per heavy atom. The lowest BCUT2D eigenvalue weighted by Crippen LogP contribution is -2.30. The number of ether oxygens (including phenoxy) is 1. The average Bonchev–Trinajstić information content (AvgIpc) is 3.15. The number of H-pyrrole nitrogens is 1. The van der Waals surface area contributed by atoms with Crippen molar-refractivity contribution >= 4 is 22.4 Å². The van der Waals surface area contributed by atoms with Gasteiger partial charge in [-0.05, 0) is 49.0 Å². The molecule has 1 heterocycles. The predicted octanol–water partition coefficient (Wildman–Crippen LogP) is 4.82. The minimum Gasteiger partial charge on any atom is -0.492 e. The van der Waals surface area contributed by atoms with Crippen molar-refractivity contribution in [2.24, 2.45) is 0 Å². The van der Waals surface area contributed by atoms with Crippen molar-refractivity contribution in [3.63, 3.8) is 0 Å². The molecule has 0 saturated heterocycles. The molecule has 0 radical (unpaired) electrons. The van der Waals surface area contributed by atoms with E-state index in [0.717, 1.165) is 64.4 Å². The Labute approximate surface area is 185 Å². The number of anilines is 1. The van der Waals surface area contributed by atoms with Crippen molar-refractivity contribution in [1.82, 2.24) is 9.88 Å². The lowest BCUT2D eigenvalue weighted by molar-refractivity contribution is 0.103. The maximum absolute atomic E-state index is 13.5. The first kappa shape index (κ1) is 21.4. The summed E-state index contributed by atoms with van der Waals surface area (Å²) in [6, 6.07) is 12.2. The van der Waals surface area contributed by atoms with E-state index in [2.05, 4.69) is 66.7 Å². The van der Waals surface area contributed by atoms with Crippen LogP contribution in [0.2, 0.25) is 0 Å². The van der Waals surface area contributed by atoms with Crippen molar-refractivity contribution in [2.45, 2.75) is 33.1 Å². The van der Waals surface area contributed by atoms with Gasteiger partial charge in [-0.3, -0.25) is 4.79 Å². The quantitative estimate of drug-likeness (QED) is 0.596. The van der Waals surface area contributed by atoms with E-state index >= 15 is 0 Å². The molecule has 3 aromatic rings. The lowest BCUT2D eigenvalue weighted by atomic mass is 9.71. The number of rotatable bonds is 7. The molecule has 1 aliphatic carbocycles. The van der Waals surface area contributed by atoms with Crippen LogP contribution in [0.25, 0.3) is 10.9 Å². The highest BCUT2D eigenvalue weighted by Gasteiger charge is 2.39. The molecule has 5 heteroatoms. The van der Waals surface area contributed by atoms with Gasteiger partial charge in [-0.1, -0.05) is 33.8 Å². The Hall–Kier alpha value is -2.79. The Balaban J connectivity index is 1.71. The van der Waals surface area contributed by atoms with Gasteiger partial charge in [0.15, 0.2) is 5.78 Å². The number of benzene rings is 2. The van der Waals surface area contributed by atoms with Gasteiger partial charge in [0.05, 0.1) is 5.56 Å². The van der Waals surface area contributed by atoms with E-state index < -0.39 is 0 Å². The normalized spacial score (nSPS) is 14.6. The molecule has 0 saturated carbocycles. The molecule has 5 nitrogen and oxygen atoms in total. The van der Waals surface area contributed by atoms with Gasteiger partial charge in [-0.15, -0.1) is 0 Å². The standard InChI is InChI=1S/C26H33N3O2/c1-7-29(8-2)13-14-31-18-10-12-19-21(16-18)26(3,4)25-23(24(19)30)20-11-9-17(28(5)6)15-22(20)27-25/h9-12,15-16,27H,7-8,13-14H2,1-6H3. The first-order chi connectivity index (χ1) is 14.8. The van der Waals surface area contributed by atoms with Crippen molar-refractivity contribution in [3.8, 4) is 5.75 Å². The van der Waals surface area contributed by atoms with Crippen molar-refractivity contribution < 1.29 is 9.53 Å². The number of hydrogen-bond acceptors (Lipinski definition) is 4. The van der Waals surface area contributed by atoms with E-state index in [1.165, 1.54) is 0 Å². The molecule has 4 rings (SSSR count). The van der Waals surface area contributed by atoms with Gasteiger partial charge in [0.1, 0.15) is 12.4 Å². The van der Waals surface area contributed by atoms with E-state index in [9.17, 15) is 4.79 Å². The first-order valence-electron chi connectivity index (χ1n) is 11.2. The van der Waals surface area contributed by atoms with Gasteiger partial charge >= 0.3 is 0 Å². The third-order valence-corrected chi connectivity index (χ3v) is 6.63. The molecule has 0 fully saturated rings. The molecule has 0 bridgehead atoms. The van der Waals surface area contributed by atoms with Crippen LogP contribution >= 0.6 is 0 Å². The molecule has 1 aliphatic rings. The van der Waals surface area contributed by atoms with Gasteiger partial charge in [-0.2, -0.15) is 0 Å². The number of aromatic amines is 1. The number of nitrogens with one attached hydrogen (secondary N) is 1. The maximum atomic E-state index is 13.5. The maximum Gasteiger partial charge on any atom is 0.195 e. The topological polar surface area (TPSA) is 48.6 Å². The Morgan fingerprint density at radius 2 is 1.77 bits per heavy atom. The fourth-order valence-corrected chi connectivity index (χ4v) is 4.60. The highest BCUT2D eigenvalue weighted by molar-refractivity contribution is 6.20. The lowest BCUT2D eigenvalue weighted by Gasteiger charge is -2.32. The van der Waals surface area contributed by atoms with E-state index in [1.54, 1.807) is 0 Å². The molecule has 164 valence electrons. The fourth-order valence-electron chi connectivity index (χ4n) is 4.60. The van der Waals surface area contributed by atoms with Gasteiger partial charge in [0, 0.05) is 53.9 Å². The minimum atomic E-state index is -0.325. The van der Waals surface area contributed by atoms with Gasteiger partial charge in [0.25, 0.3) is 0 Å². The van der Waals surface area contributed by atoms with Crippen LogP contribution in [-0.2, 0) is 5.41 Å². The Morgan fingerprint density at radius 3 is 2.45 bits per heavy atom. The van der Waals surface area contributed by atoms with Crippen molar-refractivity contribution in [3.05, 3.63) is 58.8 Å². The molecule has 1 aromatic heterocycles. The zero-order valence-corrected chi connectivity index (χ0v) is 19.5. The van der Waals surface area contributed by atoms with Gasteiger partial charge in [0.2, 0.25) is 0 Å². The molecule has 0 spiro atoms. The number of likely N-dealkylation sites (N-methyl/N-ethyl adjacent to an activating group) is 1.